The highest BCUT2D eigenvalue weighted by atomic mass is 127. The van der Waals surface area contributed by atoms with Crippen molar-refractivity contribution in [1.29, 1.82) is 0 Å². The molecular weight excluding hydrogens is 439 g/mol. The molecule has 0 amide bonds. The Morgan fingerprint density at radius 3 is 2.71 bits per heavy atom. The van der Waals surface area contributed by atoms with E-state index in [1.165, 1.54) is 11.3 Å². The minimum atomic E-state index is -0.511. The van der Waals surface area contributed by atoms with Gasteiger partial charge in [0, 0.05) is 14.8 Å². The zero-order valence-corrected chi connectivity index (χ0v) is 16.1. The Hall–Kier alpha value is -1.67. The minimum absolute atomic E-state index is 0.157. The van der Waals surface area contributed by atoms with E-state index in [2.05, 4.69) is 0 Å². The predicted octanol–water partition coefficient (Wildman–Crippen LogP) is 4.75. The van der Waals surface area contributed by atoms with Gasteiger partial charge in [0.1, 0.15) is 9.86 Å². The van der Waals surface area contributed by atoms with E-state index < -0.39 is 5.97 Å². The molecule has 6 heteroatoms. The van der Waals surface area contributed by atoms with Crippen LogP contribution in [0.2, 0.25) is 0 Å². The van der Waals surface area contributed by atoms with Crippen molar-refractivity contribution in [3.63, 3.8) is 0 Å². The smallest absolute Gasteiger partial charge is 0.340 e. The number of carbonyl (C=O) groups is 1. The van der Waals surface area contributed by atoms with Crippen LogP contribution in [0.25, 0.3) is 20.2 Å². The van der Waals surface area contributed by atoms with Gasteiger partial charge in [-0.05, 0) is 60.7 Å². The highest BCUT2D eigenvalue weighted by molar-refractivity contribution is 14.1. The molecule has 0 aliphatic heterocycles. The number of hydrogen-bond acceptors (Lipinski definition) is 5. The molecule has 2 aromatic carbocycles. The lowest BCUT2D eigenvalue weighted by atomic mass is 10.1. The molecule has 1 heterocycles. The average molecular weight is 454 g/mol. The molecule has 0 saturated carbocycles. The molecule has 124 valence electrons. The maximum atomic E-state index is 12.9. The van der Waals surface area contributed by atoms with Crippen LogP contribution >= 0.6 is 33.9 Å². The van der Waals surface area contributed by atoms with Crippen molar-refractivity contribution in [2.75, 3.05) is 6.61 Å². The van der Waals surface area contributed by atoms with Gasteiger partial charge in [0.15, 0.2) is 5.43 Å². The van der Waals surface area contributed by atoms with Gasteiger partial charge in [0.05, 0.1) is 17.6 Å². The van der Waals surface area contributed by atoms with Gasteiger partial charge in [-0.15, -0.1) is 11.3 Å². The molecule has 24 heavy (non-hydrogen) atoms. The molecule has 0 N–H and O–H groups in total. The number of ether oxygens (including phenoxy) is 2. The van der Waals surface area contributed by atoms with Gasteiger partial charge >= 0.3 is 5.97 Å². The van der Waals surface area contributed by atoms with Gasteiger partial charge in [0.25, 0.3) is 0 Å². The molecule has 3 aromatic rings. The van der Waals surface area contributed by atoms with Crippen LogP contribution in [-0.2, 0) is 4.74 Å². The first kappa shape index (κ1) is 17.2. The zero-order chi connectivity index (χ0) is 17.3. The Morgan fingerprint density at radius 2 is 2.00 bits per heavy atom. The number of alkyl halides is 1. The summed E-state index contributed by atoms with van der Waals surface area (Å²) in [5.74, 6) is 0.0482. The van der Waals surface area contributed by atoms with Gasteiger partial charge in [0.2, 0.25) is 0 Å². The fourth-order valence-corrected chi connectivity index (χ4v) is 3.89. The van der Waals surface area contributed by atoms with E-state index in [4.69, 9.17) is 9.47 Å². The number of halogens is 1. The van der Waals surface area contributed by atoms with Crippen LogP contribution in [-0.4, -0.2) is 16.7 Å². The van der Waals surface area contributed by atoms with Crippen molar-refractivity contribution in [3.05, 3.63) is 52.2 Å². The number of hydrogen-bond donors (Lipinski definition) is 0. The largest absolute Gasteiger partial charge is 0.494 e. The highest BCUT2D eigenvalue weighted by Gasteiger charge is 2.19. The van der Waals surface area contributed by atoms with Crippen LogP contribution in [0.3, 0.4) is 0 Å². The summed E-state index contributed by atoms with van der Waals surface area (Å²) < 4.78 is 12.2. The first-order chi connectivity index (χ1) is 11.5. The van der Waals surface area contributed by atoms with Crippen LogP contribution in [0, 0.1) is 0 Å². The molecule has 0 spiro atoms. The Balaban J connectivity index is 2.36. The zero-order valence-electron chi connectivity index (χ0n) is 13.2. The molecule has 0 saturated heterocycles. The third-order valence-electron chi connectivity index (χ3n) is 3.45. The van der Waals surface area contributed by atoms with Gasteiger partial charge in [-0.2, -0.15) is 0 Å². The third kappa shape index (κ3) is 3.25. The Kier molecular flexibility index (Phi) is 5.05. The first-order valence-electron chi connectivity index (χ1n) is 7.48. The summed E-state index contributed by atoms with van der Waals surface area (Å²) in [6.45, 7) is 4.12. The van der Waals surface area contributed by atoms with Crippen molar-refractivity contribution < 1.29 is 14.3 Å². The molecule has 1 aromatic heterocycles. The Bertz CT molecular complexity index is 978. The summed E-state index contributed by atoms with van der Waals surface area (Å²) in [5, 5.41) is 1.000. The SMILES string of the molecule is CCOc1cc(C(=O)OC(C)I)c2c(=O)c3ccccc3sc2c1. The van der Waals surface area contributed by atoms with Crippen molar-refractivity contribution in [1.82, 2.24) is 0 Å². The van der Waals surface area contributed by atoms with Crippen LogP contribution in [0.5, 0.6) is 5.75 Å². The lowest BCUT2D eigenvalue weighted by molar-refractivity contribution is 0.0504. The van der Waals surface area contributed by atoms with E-state index in [0.717, 1.165) is 9.40 Å². The number of benzene rings is 2. The molecular formula is C18H15IO4S. The van der Waals surface area contributed by atoms with Gasteiger partial charge in [-0.3, -0.25) is 4.79 Å². The van der Waals surface area contributed by atoms with E-state index in [1.54, 1.807) is 19.1 Å². The predicted molar refractivity (Wildman–Crippen MR) is 106 cm³/mol. The van der Waals surface area contributed by atoms with E-state index in [9.17, 15) is 9.59 Å². The lowest BCUT2D eigenvalue weighted by Gasteiger charge is -2.12. The average Bonchev–Trinajstić information content (AvgIpc) is 2.54. The fourth-order valence-electron chi connectivity index (χ4n) is 2.52. The van der Waals surface area contributed by atoms with Gasteiger partial charge < -0.3 is 9.47 Å². The van der Waals surface area contributed by atoms with Crippen LogP contribution < -0.4 is 10.2 Å². The molecule has 0 aliphatic carbocycles. The molecule has 1 atom stereocenters. The van der Waals surface area contributed by atoms with E-state index in [0.29, 0.717) is 23.1 Å². The number of esters is 1. The van der Waals surface area contributed by atoms with Crippen molar-refractivity contribution in [2.45, 2.75) is 18.0 Å². The molecule has 0 aliphatic rings. The number of rotatable bonds is 4. The van der Waals surface area contributed by atoms with Crippen molar-refractivity contribution in [2.24, 2.45) is 0 Å². The maximum absolute atomic E-state index is 12.9. The fraction of sp³-hybridized carbons (Fsp3) is 0.222. The van der Waals surface area contributed by atoms with E-state index in [-0.39, 0.29) is 15.1 Å². The summed E-state index contributed by atoms with van der Waals surface area (Å²) in [4.78, 5) is 25.4. The quantitative estimate of drug-likeness (QED) is 0.247. The van der Waals surface area contributed by atoms with Crippen LogP contribution in [0.4, 0.5) is 0 Å². The normalized spacial score (nSPS) is 12.3. The highest BCUT2D eigenvalue weighted by Crippen LogP contribution is 2.31. The van der Waals surface area contributed by atoms with Crippen molar-refractivity contribution in [3.8, 4) is 5.75 Å². The van der Waals surface area contributed by atoms with Crippen LogP contribution in [0.15, 0.2) is 41.2 Å². The molecule has 0 bridgehead atoms. The van der Waals surface area contributed by atoms with Gasteiger partial charge in [-0.25, -0.2) is 4.79 Å². The molecule has 0 fully saturated rings. The second-order valence-electron chi connectivity index (χ2n) is 5.15. The first-order valence-corrected chi connectivity index (χ1v) is 9.55. The van der Waals surface area contributed by atoms with E-state index in [1.807, 2.05) is 53.8 Å². The molecule has 1 unspecified atom stereocenters. The summed E-state index contributed by atoms with van der Waals surface area (Å²) in [6.07, 6.45) is 0. The minimum Gasteiger partial charge on any atom is -0.494 e. The second kappa shape index (κ2) is 7.06. The van der Waals surface area contributed by atoms with E-state index >= 15 is 0 Å². The standard InChI is InChI=1S/C18H15IO4S/c1-3-22-11-8-13(18(21)23-10(2)19)16-15(9-11)24-14-7-5-4-6-12(14)17(16)20/h4-10H,3H2,1-2H3. The Labute approximate surface area is 156 Å². The maximum Gasteiger partial charge on any atom is 0.340 e. The number of fused-ring (bicyclic) bond motifs is 2. The summed E-state index contributed by atoms with van der Waals surface area (Å²) >= 11 is 3.47. The summed E-state index contributed by atoms with van der Waals surface area (Å²) in [5.41, 5.74) is 0.0990. The van der Waals surface area contributed by atoms with Crippen molar-refractivity contribution >= 4 is 60.1 Å². The lowest BCUT2D eigenvalue weighted by Crippen LogP contribution is -2.14. The monoisotopic (exact) mass is 454 g/mol. The molecule has 4 nitrogen and oxygen atoms in total. The second-order valence-corrected chi connectivity index (χ2v) is 7.99. The molecule has 0 radical (unpaired) electrons. The summed E-state index contributed by atoms with van der Waals surface area (Å²) in [6, 6.07) is 10.8. The van der Waals surface area contributed by atoms with Gasteiger partial charge in [-0.1, -0.05) is 12.1 Å². The number of carbonyl (C=O) groups excluding carboxylic acids is 1. The molecule has 3 rings (SSSR count). The summed E-state index contributed by atoms with van der Waals surface area (Å²) in [7, 11) is 0. The topological polar surface area (TPSA) is 52.6 Å². The van der Waals surface area contributed by atoms with Crippen LogP contribution in [0.1, 0.15) is 24.2 Å². The third-order valence-corrected chi connectivity index (χ3v) is 4.83. The Morgan fingerprint density at radius 1 is 1.25 bits per heavy atom.